The largest absolute Gasteiger partial charge is 0.486 e. The predicted molar refractivity (Wildman–Crippen MR) is 138 cm³/mol. The van der Waals surface area contributed by atoms with Crippen molar-refractivity contribution in [3.63, 3.8) is 0 Å². The van der Waals surface area contributed by atoms with E-state index in [2.05, 4.69) is 10.3 Å². The molecule has 7 nitrogen and oxygen atoms in total. The van der Waals surface area contributed by atoms with Crippen LogP contribution in [0, 0.1) is 0 Å². The van der Waals surface area contributed by atoms with Gasteiger partial charge in [-0.15, -0.1) is 0 Å². The van der Waals surface area contributed by atoms with Crippen LogP contribution in [-0.4, -0.2) is 39.4 Å². The van der Waals surface area contributed by atoms with Crippen molar-refractivity contribution in [2.45, 2.75) is 27.0 Å². The molecular formula is C27H27ClN4O3. The van der Waals surface area contributed by atoms with Gasteiger partial charge in [0.25, 0.3) is 5.91 Å². The molecule has 1 N–H and O–H groups in total. The number of hydrogen-bond donors (Lipinski definition) is 1. The Hall–Kier alpha value is -3.84. The van der Waals surface area contributed by atoms with Crippen LogP contribution in [0.4, 0.5) is 5.69 Å². The Balaban J connectivity index is 1.47. The third kappa shape index (κ3) is 5.81. The predicted octanol–water partition coefficient (Wildman–Crippen LogP) is 5.39. The molecule has 0 aliphatic rings. The van der Waals surface area contributed by atoms with Gasteiger partial charge in [0.2, 0.25) is 5.91 Å². The van der Waals surface area contributed by atoms with Gasteiger partial charge in [0.15, 0.2) is 0 Å². The monoisotopic (exact) mass is 490 g/mol. The first kappa shape index (κ1) is 24.3. The van der Waals surface area contributed by atoms with E-state index < -0.39 is 0 Å². The topological polar surface area (TPSA) is 76.5 Å². The number of fused-ring (bicyclic) bond motifs is 1. The lowest BCUT2D eigenvalue weighted by molar-refractivity contribution is -0.116. The van der Waals surface area contributed by atoms with Crippen molar-refractivity contribution < 1.29 is 14.3 Å². The molecule has 0 fully saturated rings. The van der Waals surface area contributed by atoms with E-state index in [4.69, 9.17) is 16.3 Å². The number of carbonyl (C=O) groups excluding carboxylic acids is 2. The van der Waals surface area contributed by atoms with Crippen LogP contribution in [0.5, 0.6) is 5.75 Å². The number of nitrogens with one attached hydrogen (secondary N) is 1. The van der Waals surface area contributed by atoms with Crippen molar-refractivity contribution in [2.24, 2.45) is 0 Å². The Kier molecular flexibility index (Phi) is 7.67. The number of aromatic nitrogens is 2. The van der Waals surface area contributed by atoms with Gasteiger partial charge in [-0.25, -0.2) is 4.98 Å². The van der Waals surface area contributed by atoms with Gasteiger partial charge in [0.05, 0.1) is 11.0 Å². The zero-order chi connectivity index (χ0) is 24.8. The smallest absolute Gasteiger partial charge is 0.253 e. The summed E-state index contributed by atoms with van der Waals surface area (Å²) in [5.74, 6) is 1.07. The Morgan fingerprint density at radius 2 is 1.66 bits per heavy atom. The van der Waals surface area contributed by atoms with Gasteiger partial charge in [0.1, 0.15) is 24.7 Å². The lowest BCUT2D eigenvalue weighted by atomic mass is 10.1. The highest BCUT2D eigenvalue weighted by Gasteiger charge is 2.16. The van der Waals surface area contributed by atoms with Crippen LogP contribution in [0.3, 0.4) is 0 Å². The molecular weight excluding hydrogens is 464 g/mol. The van der Waals surface area contributed by atoms with Crippen LogP contribution < -0.4 is 10.1 Å². The van der Waals surface area contributed by atoms with Gasteiger partial charge in [-0.2, -0.15) is 0 Å². The summed E-state index contributed by atoms with van der Waals surface area (Å²) in [5, 5.41) is 3.54. The zero-order valence-corrected chi connectivity index (χ0v) is 20.5. The molecule has 35 heavy (non-hydrogen) atoms. The number of para-hydroxylation sites is 2. The highest BCUT2D eigenvalue weighted by molar-refractivity contribution is 6.30. The summed E-state index contributed by atoms with van der Waals surface area (Å²) in [7, 11) is 0. The number of carbonyl (C=O) groups is 2. The Morgan fingerprint density at radius 1 is 0.971 bits per heavy atom. The van der Waals surface area contributed by atoms with E-state index in [1.54, 1.807) is 53.4 Å². The second-order valence-corrected chi connectivity index (χ2v) is 8.38. The molecule has 0 atom stereocenters. The third-order valence-electron chi connectivity index (χ3n) is 5.68. The van der Waals surface area contributed by atoms with Gasteiger partial charge in [-0.1, -0.05) is 23.7 Å². The van der Waals surface area contributed by atoms with E-state index in [1.807, 2.05) is 42.7 Å². The summed E-state index contributed by atoms with van der Waals surface area (Å²) in [6.07, 6.45) is 0. The molecule has 3 aromatic carbocycles. The molecule has 0 saturated heterocycles. The minimum absolute atomic E-state index is 0.0249. The summed E-state index contributed by atoms with van der Waals surface area (Å²) in [6.45, 7) is 5.47. The number of ether oxygens (including phenoxy) is 1. The maximum absolute atomic E-state index is 12.9. The number of anilines is 1. The molecule has 0 radical (unpaired) electrons. The molecule has 8 heteroatoms. The van der Waals surface area contributed by atoms with Gasteiger partial charge >= 0.3 is 0 Å². The molecule has 0 aliphatic carbocycles. The Morgan fingerprint density at radius 3 is 2.34 bits per heavy atom. The van der Waals surface area contributed by atoms with Crippen LogP contribution in [0.2, 0.25) is 5.02 Å². The summed E-state index contributed by atoms with van der Waals surface area (Å²) in [4.78, 5) is 31.8. The van der Waals surface area contributed by atoms with Gasteiger partial charge < -0.3 is 19.5 Å². The van der Waals surface area contributed by atoms with Crippen molar-refractivity contribution in [3.8, 4) is 5.75 Å². The maximum atomic E-state index is 12.9. The van der Waals surface area contributed by atoms with Crippen molar-refractivity contribution >= 4 is 40.1 Å². The van der Waals surface area contributed by atoms with Crippen LogP contribution in [0.25, 0.3) is 11.0 Å². The number of hydrogen-bond acceptors (Lipinski definition) is 4. The minimum Gasteiger partial charge on any atom is -0.486 e. The first-order valence-corrected chi connectivity index (χ1v) is 11.9. The second-order valence-electron chi connectivity index (χ2n) is 7.95. The molecule has 1 heterocycles. The maximum Gasteiger partial charge on any atom is 0.253 e. The van der Waals surface area contributed by atoms with Gasteiger partial charge in [0, 0.05) is 29.4 Å². The molecule has 0 bridgehead atoms. The number of nitrogens with zero attached hydrogens (tertiary/aromatic N) is 3. The molecule has 0 aliphatic heterocycles. The minimum atomic E-state index is -0.205. The summed E-state index contributed by atoms with van der Waals surface area (Å²) < 4.78 is 7.73. The lowest BCUT2D eigenvalue weighted by Crippen LogP contribution is -2.30. The Bertz CT molecular complexity index is 1310. The summed E-state index contributed by atoms with van der Waals surface area (Å²) in [5.41, 5.74) is 2.84. The SMILES string of the molecule is CCN(CC)C(=O)c1ccc(NC(=O)Cn2c(COc3ccc(Cl)cc3)nc3ccccc32)cc1. The fraction of sp³-hybridized carbons (Fsp3) is 0.222. The standard InChI is InChI=1S/C27H27ClN4O3/c1-3-31(4-2)27(34)19-9-13-21(14-10-19)29-26(33)17-32-24-8-6-5-7-23(24)30-25(32)18-35-22-15-11-20(28)12-16-22/h5-16H,3-4,17-18H2,1-2H3,(H,29,33). The van der Waals surface area contributed by atoms with Crippen LogP contribution in [0.1, 0.15) is 30.0 Å². The highest BCUT2D eigenvalue weighted by atomic mass is 35.5. The van der Waals surface area contributed by atoms with E-state index in [9.17, 15) is 9.59 Å². The first-order valence-electron chi connectivity index (χ1n) is 11.5. The van der Waals surface area contributed by atoms with E-state index in [0.717, 1.165) is 11.0 Å². The number of rotatable bonds is 9. The van der Waals surface area contributed by atoms with Crippen LogP contribution in [-0.2, 0) is 17.9 Å². The van der Waals surface area contributed by atoms with E-state index in [0.29, 0.717) is 40.9 Å². The molecule has 180 valence electrons. The molecule has 4 rings (SSSR count). The second kappa shape index (κ2) is 11.1. The van der Waals surface area contributed by atoms with Crippen LogP contribution in [0.15, 0.2) is 72.8 Å². The quantitative estimate of drug-likeness (QED) is 0.341. The molecule has 1 aromatic heterocycles. The average molecular weight is 491 g/mol. The number of amides is 2. The summed E-state index contributed by atoms with van der Waals surface area (Å²) >= 11 is 5.95. The van der Waals surface area contributed by atoms with Gasteiger partial charge in [-0.3, -0.25) is 9.59 Å². The van der Waals surface area contributed by atoms with Crippen molar-refractivity contribution in [1.29, 1.82) is 0 Å². The normalized spacial score (nSPS) is 10.8. The molecule has 0 spiro atoms. The van der Waals surface area contributed by atoms with Crippen molar-refractivity contribution in [3.05, 3.63) is 89.2 Å². The molecule has 0 unspecified atom stereocenters. The lowest BCUT2D eigenvalue weighted by Gasteiger charge is -2.18. The van der Waals surface area contributed by atoms with Crippen LogP contribution >= 0.6 is 11.6 Å². The zero-order valence-electron chi connectivity index (χ0n) is 19.7. The van der Waals surface area contributed by atoms with Crippen molar-refractivity contribution in [1.82, 2.24) is 14.5 Å². The fourth-order valence-electron chi connectivity index (χ4n) is 3.82. The highest BCUT2D eigenvalue weighted by Crippen LogP contribution is 2.20. The van der Waals surface area contributed by atoms with E-state index >= 15 is 0 Å². The van der Waals surface area contributed by atoms with Gasteiger partial charge in [-0.05, 0) is 74.5 Å². The molecule has 4 aromatic rings. The molecule has 0 saturated carbocycles. The fourth-order valence-corrected chi connectivity index (χ4v) is 3.95. The third-order valence-corrected chi connectivity index (χ3v) is 5.94. The average Bonchev–Trinajstić information content (AvgIpc) is 3.22. The van der Waals surface area contributed by atoms with E-state index in [1.165, 1.54) is 0 Å². The first-order chi connectivity index (χ1) is 17.0. The molecule has 2 amide bonds. The number of halogens is 1. The Labute approximate surface area is 209 Å². The number of benzene rings is 3. The van der Waals surface area contributed by atoms with E-state index in [-0.39, 0.29) is 25.0 Å². The van der Waals surface area contributed by atoms with Crippen molar-refractivity contribution in [2.75, 3.05) is 18.4 Å². The number of imidazole rings is 1. The summed E-state index contributed by atoms with van der Waals surface area (Å²) in [6, 6.07) is 21.7.